The van der Waals surface area contributed by atoms with Crippen molar-refractivity contribution in [3.8, 4) is 0 Å². The molecule has 35 heavy (non-hydrogen) atoms. The maximum atomic E-state index is 12.6. The maximum absolute atomic E-state index is 12.6. The molecule has 0 radical (unpaired) electrons. The van der Waals surface area contributed by atoms with Crippen LogP contribution in [0.1, 0.15) is 22.1 Å². The Hall–Kier alpha value is -3.70. The molecule has 178 valence electrons. The standard InChI is InChI=1S/C25H23N5O5/c31-12-25-13-34-19(20(25)33-11-16-7-3-1-4-8-16)24(35-25)30-15-28-18-21(26-14-27-22(18)30)29-23(32)17-9-5-2-6-10-17/h1-10,14-15,19-20,24,31H,11-13H2,(H,26,27,29,32)/t19?,20?,24?,25-/m1/s1. The number of anilines is 1. The molecule has 0 aliphatic carbocycles. The van der Waals surface area contributed by atoms with Crippen LogP contribution < -0.4 is 5.32 Å². The number of rotatable bonds is 7. The van der Waals surface area contributed by atoms with Gasteiger partial charge in [-0.1, -0.05) is 48.5 Å². The topological polar surface area (TPSA) is 121 Å². The molecule has 0 spiro atoms. The summed E-state index contributed by atoms with van der Waals surface area (Å²) in [5.74, 6) is -0.00584. The van der Waals surface area contributed by atoms with Crippen molar-refractivity contribution < 1.29 is 24.1 Å². The van der Waals surface area contributed by atoms with E-state index in [0.29, 0.717) is 29.2 Å². The van der Waals surface area contributed by atoms with Gasteiger partial charge in [0.15, 0.2) is 23.2 Å². The molecule has 2 N–H and O–H groups in total. The summed E-state index contributed by atoms with van der Waals surface area (Å²) >= 11 is 0. The second-order valence-electron chi connectivity index (χ2n) is 8.59. The number of nitrogens with one attached hydrogen (secondary N) is 1. The highest BCUT2D eigenvalue weighted by Crippen LogP contribution is 2.47. The lowest BCUT2D eigenvalue weighted by Crippen LogP contribution is -2.45. The lowest BCUT2D eigenvalue weighted by atomic mass is 10.00. The minimum atomic E-state index is -0.988. The molecule has 6 rings (SSSR count). The number of nitrogens with zero attached hydrogens (tertiary/aromatic N) is 4. The SMILES string of the molecule is O=C(Nc1ncnc2c1ncn2C1O[C@]2(CO)COC1C2OCc1ccccc1)c1ccccc1. The molecule has 3 unspecified atom stereocenters. The van der Waals surface area contributed by atoms with E-state index in [1.807, 2.05) is 36.4 Å². The Kier molecular flexibility index (Phi) is 5.50. The quantitative estimate of drug-likeness (QED) is 0.420. The monoisotopic (exact) mass is 473 g/mol. The van der Waals surface area contributed by atoms with E-state index < -0.39 is 24.0 Å². The van der Waals surface area contributed by atoms with Gasteiger partial charge in [-0.05, 0) is 17.7 Å². The average molecular weight is 473 g/mol. The van der Waals surface area contributed by atoms with E-state index in [1.54, 1.807) is 35.2 Å². The fourth-order valence-corrected chi connectivity index (χ4v) is 4.64. The lowest BCUT2D eigenvalue weighted by Gasteiger charge is -2.29. The van der Waals surface area contributed by atoms with E-state index in [4.69, 9.17) is 14.2 Å². The van der Waals surface area contributed by atoms with Crippen LogP contribution in [0.25, 0.3) is 11.2 Å². The van der Waals surface area contributed by atoms with Crippen molar-refractivity contribution in [2.45, 2.75) is 30.6 Å². The molecule has 1 amide bonds. The van der Waals surface area contributed by atoms with Crippen LogP contribution >= 0.6 is 0 Å². The number of hydrogen-bond donors (Lipinski definition) is 2. The van der Waals surface area contributed by atoms with Gasteiger partial charge in [0.25, 0.3) is 5.91 Å². The van der Waals surface area contributed by atoms with Crippen LogP contribution in [-0.4, -0.2) is 61.6 Å². The van der Waals surface area contributed by atoms with Crippen molar-refractivity contribution in [1.29, 1.82) is 0 Å². The van der Waals surface area contributed by atoms with E-state index in [1.165, 1.54) is 6.33 Å². The average Bonchev–Trinajstić information content (AvgIpc) is 3.59. The lowest BCUT2D eigenvalue weighted by molar-refractivity contribution is -0.187. The first-order valence-corrected chi connectivity index (χ1v) is 11.3. The van der Waals surface area contributed by atoms with Gasteiger partial charge in [-0.25, -0.2) is 15.0 Å². The number of aliphatic hydroxyl groups excluding tert-OH is 1. The van der Waals surface area contributed by atoms with E-state index in [9.17, 15) is 9.90 Å². The summed E-state index contributed by atoms with van der Waals surface area (Å²) in [4.78, 5) is 25.7. The normalized spacial score (nSPS) is 25.2. The zero-order valence-electron chi connectivity index (χ0n) is 18.7. The van der Waals surface area contributed by atoms with Crippen molar-refractivity contribution in [2.24, 2.45) is 0 Å². The minimum Gasteiger partial charge on any atom is -0.393 e. The van der Waals surface area contributed by atoms with E-state index >= 15 is 0 Å². The molecule has 2 fully saturated rings. The first-order valence-electron chi connectivity index (χ1n) is 11.3. The van der Waals surface area contributed by atoms with Gasteiger partial charge in [-0.2, -0.15) is 0 Å². The molecule has 10 nitrogen and oxygen atoms in total. The number of carbonyl (C=O) groups is 1. The highest BCUT2D eigenvalue weighted by atomic mass is 16.7. The molecule has 4 aromatic rings. The summed E-state index contributed by atoms with van der Waals surface area (Å²) in [5, 5.41) is 13.0. The van der Waals surface area contributed by atoms with Crippen molar-refractivity contribution >= 4 is 22.9 Å². The largest absolute Gasteiger partial charge is 0.393 e. The fourth-order valence-electron chi connectivity index (χ4n) is 4.64. The number of ether oxygens (including phenoxy) is 3. The highest BCUT2D eigenvalue weighted by Gasteiger charge is 2.63. The second kappa shape index (κ2) is 8.82. The van der Waals surface area contributed by atoms with Crippen LogP contribution in [0, 0.1) is 0 Å². The van der Waals surface area contributed by atoms with Crippen molar-refractivity contribution in [3.05, 3.63) is 84.4 Å². The molecule has 4 atom stereocenters. The number of aliphatic hydroxyl groups is 1. The van der Waals surface area contributed by atoms with E-state index in [-0.39, 0.29) is 19.1 Å². The van der Waals surface area contributed by atoms with Crippen molar-refractivity contribution in [3.63, 3.8) is 0 Å². The zero-order valence-corrected chi connectivity index (χ0v) is 18.7. The number of amides is 1. The Balaban J connectivity index is 1.27. The van der Waals surface area contributed by atoms with Crippen LogP contribution in [0.4, 0.5) is 5.82 Å². The molecule has 4 heterocycles. The molecule has 2 aliphatic rings. The van der Waals surface area contributed by atoms with Gasteiger partial charge in [0.05, 0.1) is 26.1 Å². The third kappa shape index (κ3) is 3.76. The molecule has 2 aromatic carbocycles. The summed E-state index contributed by atoms with van der Waals surface area (Å²) in [6.45, 7) is 0.343. The predicted octanol–water partition coefficient (Wildman–Crippen LogP) is 2.32. The van der Waals surface area contributed by atoms with E-state index in [2.05, 4.69) is 20.3 Å². The first kappa shape index (κ1) is 21.8. The number of aromatic nitrogens is 4. The Morgan fingerprint density at radius 1 is 1.11 bits per heavy atom. The molecule has 2 aliphatic heterocycles. The Morgan fingerprint density at radius 3 is 2.66 bits per heavy atom. The summed E-state index contributed by atoms with van der Waals surface area (Å²) in [6.07, 6.45) is 1.37. The Bertz CT molecular complexity index is 1350. The van der Waals surface area contributed by atoms with Gasteiger partial charge in [-0.15, -0.1) is 0 Å². The molecule has 2 bridgehead atoms. The van der Waals surface area contributed by atoms with Gasteiger partial charge in [0, 0.05) is 5.56 Å². The molecular weight excluding hydrogens is 450 g/mol. The maximum Gasteiger partial charge on any atom is 0.256 e. The predicted molar refractivity (Wildman–Crippen MR) is 124 cm³/mol. The van der Waals surface area contributed by atoms with Crippen molar-refractivity contribution in [1.82, 2.24) is 19.5 Å². The number of carbonyl (C=O) groups excluding carboxylic acids is 1. The zero-order chi connectivity index (χ0) is 23.8. The number of imidazole rings is 1. The first-order chi connectivity index (χ1) is 17.2. The third-order valence-corrected chi connectivity index (χ3v) is 6.41. The van der Waals surface area contributed by atoms with E-state index in [0.717, 1.165) is 5.56 Å². The fraction of sp³-hybridized carbons (Fsp3) is 0.280. The number of fused-ring (bicyclic) bond motifs is 3. The summed E-state index contributed by atoms with van der Waals surface area (Å²) in [5.41, 5.74) is 1.43. The van der Waals surface area contributed by atoms with Gasteiger partial charge in [0.1, 0.15) is 24.1 Å². The minimum absolute atomic E-state index is 0.226. The van der Waals surface area contributed by atoms with Gasteiger partial charge in [-0.3, -0.25) is 9.36 Å². The number of hydrogen-bond acceptors (Lipinski definition) is 8. The van der Waals surface area contributed by atoms with Crippen LogP contribution in [-0.2, 0) is 20.8 Å². The van der Waals surface area contributed by atoms with Crippen LogP contribution in [0.2, 0.25) is 0 Å². The van der Waals surface area contributed by atoms with Crippen LogP contribution in [0.5, 0.6) is 0 Å². The molecular formula is C25H23N5O5. The second-order valence-corrected chi connectivity index (χ2v) is 8.59. The molecule has 0 saturated carbocycles. The summed E-state index contributed by atoms with van der Waals surface area (Å²) in [6, 6.07) is 18.7. The smallest absolute Gasteiger partial charge is 0.256 e. The van der Waals surface area contributed by atoms with Gasteiger partial charge < -0.3 is 24.6 Å². The summed E-state index contributed by atoms with van der Waals surface area (Å²) in [7, 11) is 0. The van der Waals surface area contributed by atoms with Crippen LogP contribution in [0.15, 0.2) is 73.3 Å². The Morgan fingerprint density at radius 2 is 1.89 bits per heavy atom. The summed E-state index contributed by atoms with van der Waals surface area (Å²) < 4.78 is 20.3. The highest BCUT2D eigenvalue weighted by molar-refractivity contribution is 6.06. The van der Waals surface area contributed by atoms with Crippen LogP contribution in [0.3, 0.4) is 0 Å². The molecule has 2 saturated heterocycles. The van der Waals surface area contributed by atoms with Gasteiger partial charge in [0.2, 0.25) is 0 Å². The molecule has 10 heteroatoms. The Labute approximate surface area is 200 Å². The van der Waals surface area contributed by atoms with Crippen molar-refractivity contribution in [2.75, 3.05) is 18.5 Å². The third-order valence-electron chi connectivity index (χ3n) is 6.41. The molecule has 2 aromatic heterocycles. The number of benzene rings is 2. The van der Waals surface area contributed by atoms with Gasteiger partial charge >= 0.3 is 0 Å².